The van der Waals surface area contributed by atoms with Crippen LogP contribution in [0, 0.1) is 12.7 Å². The summed E-state index contributed by atoms with van der Waals surface area (Å²) in [6, 6.07) is 15.6. The van der Waals surface area contributed by atoms with Gasteiger partial charge in [-0.2, -0.15) is 0 Å². The third-order valence-electron chi connectivity index (χ3n) is 3.56. The molecule has 1 N–H and O–H groups in total. The molecule has 5 heteroatoms. The maximum atomic E-state index is 13.2. The Kier molecular flexibility index (Phi) is 4.61. The van der Waals surface area contributed by atoms with E-state index in [1.165, 1.54) is 24.4 Å². The standard InChI is InChI=1S/C19H16FN3O/c1-13-17(19(24)23-16-9-5-8-15(20)11-16)12-21-18(22-13)10-14-6-3-2-4-7-14/h2-9,11-12H,10H2,1H3,(H,23,24). The van der Waals surface area contributed by atoms with Crippen molar-refractivity contribution in [1.82, 2.24) is 9.97 Å². The lowest BCUT2D eigenvalue weighted by atomic mass is 10.1. The first-order chi connectivity index (χ1) is 11.6. The van der Waals surface area contributed by atoms with Gasteiger partial charge in [-0.25, -0.2) is 14.4 Å². The maximum absolute atomic E-state index is 13.2. The first kappa shape index (κ1) is 15.8. The fraction of sp³-hybridized carbons (Fsp3) is 0.105. The Labute approximate surface area is 139 Å². The van der Waals surface area contributed by atoms with Gasteiger partial charge < -0.3 is 5.32 Å². The molecule has 4 nitrogen and oxygen atoms in total. The zero-order valence-corrected chi connectivity index (χ0v) is 13.2. The first-order valence-electron chi connectivity index (χ1n) is 7.55. The number of carbonyl (C=O) groups is 1. The van der Waals surface area contributed by atoms with Crippen molar-refractivity contribution in [2.45, 2.75) is 13.3 Å². The Morgan fingerprint density at radius 1 is 1.12 bits per heavy atom. The number of amides is 1. The van der Waals surface area contributed by atoms with Gasteiger partial charge >= 0.3 is 0 Å². The Balaban J connectivity index is 1.75. The summed E-state index contributed by atoms with van der Waals surface area (Å²) >= 11 is 0. The molecule has 24 heavy (non-hydrogen) atoms. The van der Waals surface area contributed by atoms with Gasteiger partial charge in [-0.3, -0.25) is 4.79 Å². The van der Waals surface area contributed by atoms with E-state index in [1.807, 2.05) is 30.3 Å². The molecule has 0 aliphatic rings. The lowest BCUT2D eigenvalue weighted by molar-refractivity contribution is 0.102. The molecule has 0 aliphatic heterocycles. The van der Waals surface area contributed by atoms with Gasteiger partial charge in [0.15, 0.2) is 0 Å². The van der Waals surface area contributed by atoms with Crippen molar-refractivity contribution < 1.29 is 9.18 Å². The fourth-order valence-corrected chi connectivity index (χ4v) is 2.37. The predicted octanol–water partition coefficient (Wildman–Crippen LogP) is 3.77. The molecule has 0 saturated carbocycles. The van der Waals surface area contributed by atoms with Crippen LogP contribution in [0.15, 0.2) is 60.8 Å². The lowest BCUT2D eigenvalue weighted by Gasteiger charge is -2.08. The summed E-state index contributed by atoms with van der Waals surface area (Å²) in [7, 11) is 0. The molecule has 0 atom stereocenters. The van der Waals surface area contributed by atoms with Crippen LogP contribution in [0.5, 0.6) is 0 Å². The Morgan fingerprint density at radius 3 is 2.62 bits per heavy atom. The summed E-state index contributed by atoms with van der Waals surface area (Å²) in [4.78, 5) is 21.0. The highest BCUT2D eigenvalue weighted by Gasteiger charge is 2.12. The fourth-order valence-electron chi connectivity index (χ4n) is 2.37. The van der Waals surface area contributed by atoms with Gasteiger partial charge in [0, 0.05) is 18.3 Å². The molecule has 120 valence electrons. The highest BCUT2D eigenvalue weighted by molar-refractivity contribution is 6.04. The second-order valence-corrected chi connectivity index (χ2v) is 5.41. The summed E-state index contributed by atoms with van der Waals surface area (Å²) in [6.07, 6.45) is 2.11. The Hall–Kier alpha value is -3.08. The minimum atomic E-state index is -0.404. The van der Waals surface area contributed by atoms with Crippen LogP contribution in [0.2, 0.25) is 0 Å². The number of aryl methyl sites for hydroxylation is 1. The van der Waals surface area contributed by atoms with Crippen LogP contribution in [-0.4, -0.2) is 15.9 Å². The van der Waals surface area contributed by atoms with Crippen LogP contribution < -0.4 is 5.32 Å². The van der Waals surface area contributed by atoms with E-state index in [9.17, 15) is 9.18 Å². The molecule has 1 amide bonds. The van der Waals surface area contributed by atoms with Crippen LogP contribution in [0.3, 0.4) is 0 Å². The summed E-state index contributed by atoms with van der Waals surface area (Å²) in [5, 5.41) is 2.65. The lowest BCUT2D eigenvalue weighted by Crippen LogP contribution is -2.15. The largest absolute Gasteiger partial charge is 0.322 e. The van der Waals surface area contributed by atoms with Gasteiger partial charge in [0.25, 0.3) is 5.91 Å². The number of aromatic nitrogens is 2. The van der Waals surface area contributed by atoms with Crippen molar-refractivity contribution in [2.24, 2.45) is 0 Å². The molecule has 0 spiro atoms. The minimum Gasteiger partial charge on any atom is -0.322 e. The molecule has 0 aliphatic carbocycles. The molecule has 0 unspecified atom stereocenters. The van der Waals surface area contributed by atoms with Crippen LogP contribution in [0.1, 0.15) is 27.4 Å². The van der Waals surface area contributed by atoms with Gasteiger partial charge in [-0.1, -0.05) is 36.4 Å². The zero-order valence-electron chi connectivity index (χ0n) is 13.2. The summed E-state index contributed by atoms with van der Waals surface area (Å²) < 4.78 is 13.2. The normalized spacial score (nSPS) is 10.4. The Bertz CT molecular complexity index is 865. The van der Waals surface area contributed by atoms with Gasteiger partial charge in [-0.15, -0.1) is 0 Å². The molecule has 0 radical (unpaired) electrons. The van der Waals surface area contributed by atoms with Gasteiger partial charge in [0.1, 0.15) is 11.6 Å². The van der Waals surface area contributed by atoms with E-state index in [-0.39, 0.29) is 5.91 Å². The molecule has 3 rings (SSSR count). The van der Waals surface area contributed by atoms with Crippen molar-refractivity contribution >= 4 is 11.6 Å². The van der Waals surface area contributed by atoms with Crippen LogP contribution >= 0.6 is 0 Å². The van der Waals surface area contributed by atoms with Crippen molar-refractivity contribution in [2.75, 3.05) is 5.32 Å². The number of carbonyl (C=O) groups excluding carboxylic acids is 1. The monoisotopic (exact) mass is 321 g/mol. The van der Waals surface area contributed by atoms with E-state index >= 15 is 0 Å². The Morgan fingerprint density at radius 2 is 1.92 bits per heavy atom. The van der Waals surface area contributed by atoms with E-state index in [1.54, 1.807) is 13.0 Å². The number of halogens is 1. The zero-order chi connectivity index (χ0) is 16.9. The van der Waals surface area contributed by atoms with Crippen LogP contribution in [0.4, 0.5) is 10.1 Å². The number of nitrogens with one attached hydrogen (secondary N) is 1. The molecule has 0 saturated heterocycles. The topological polar surface area (TPSA) is 54.9 Å². The number of hydrogen-bond acceptors (Lipinski definition) is 3. The summed E-state index contributed by atoms with van der Waals surface area (Å²) in [5.41, 5.74) is 2.46. The van der Waals surface area contributed by atoms with Crippen molar-refractivity contribution in [3.63, 3.8) is 0 Å². The van der Waals surface area contributed by atoms with E-state index in [4.69, 9.17) is 0 Å². The highest BCUT2D eigenvalue weighted by atomic mass is 19.1. The van der Waals surface area contributed by atoms with Gasteiger partial charge in [-0.05, 0) is 30.7 Å². The maximum Gasteiger partial charge on any atom is 0.259 e. The second kappa shape index (κ2) is 7.00. The number of nitrogens with zero attached hydrogens (tertiary/aromatic N) is 2. The molecule has 2 aromatic carbocycles. The average Bonchev–Trinajstić information content (AvgIpc) is 2.56. The van der Waals surface area contributed by atoms with E-state index in [2.05, 4.69) is 15.3 Å². The summed E-state index contributed by atoms with van der Waals surface area (Å²) in [6.45, 7) is 1.76. The molecular weight excluding hydrogens is 305 g/mol. The van der Waals surface area contributed by atoms with E-state index in [0.29, 0.717) is 29.2 Å². The van der Waals surface area contributed by atoms with Crippen LogP contribution in [-0.2, 0) is 6.42 Å². The van der Waals surface area contributed by atoms with Crippen molar-refractivity contribution in [3.05, 3.63) is 89.3 Å². The SMILES string of the molecule is Cc1nc(Cc2ccccc2)ncc1C(=O)Nc1cccc(F)c1. The molecular formula is C19H16FN3O. The summed E-state index contributed by atoms with van der Waals surface area (Å²) in [5.74, 6) is -0.107. The average molecular weight is 321 g/mol. The third-order valence-corrected chi connectivity index (χ3v) is 3.56. The van der Waals surface area contributed by atoms with Crippen LogP contribution in [0.25, 0.3) is 0 Å². The molecule has 3 aromatic rings. The third kappa shape index (κ3) is 3.81. The van der Waals surface area contributed by atoms with E-state index < -0.39 is 5.82 Å². The highest BCUT2D eigenvalue weighted by Crippen LogP contribution is 2.13. The number of hydrogen-bond donors (Lipinski definition) is 1. The second-order valence-electron chi connectivity index (χ2n) is 5.41. The minimum absolute atomic E-state index is 0.357. The van der Waals surface area contributed by atoms with E-state index in [0.717, 1.165) is 5.56 Å². The molecule has 0 fully saturated rings. The molecule has 1 heterocycles. The van der Waals surface area contributed by atoms with Gasteiger partial charge in [0.2, 0.25) is 0 Å². The smallest absolute Gasteiger partial charge is 0.259 e. The van der Waals surface area contributed by atoms with Crippen molar-refractivity contribution in [1.29, 1.82) is 0 Å². The number of benzene rings is 2. The van der Waals surface area contributed by atoms with Gasteiger partial charge in [0.05, 0.1) is 11.3 Å². The first-order valence-corrected chi connectivity index (χ1v) is 7.55. The quantitative estimate of drug-likeness (QED) is 0.796. The van der Waals surface area contributed by atoms with Crippen molar-refractivity contribution in [3.8, 4) is 0 Å². The molecule has 1 aromatic heterocycles. The predicted molar refractivity (Wildman–Crippen MR) is 90.4 cm³/mol. The number of anilines is 1. The number of rotatable bonds is 4. The molecule has 0 bridgehead atoms.